The molecule has 0 bridgehead atoms. The molecule has 1 heterocycles. The Hall–Kier alpha value is -4.08. The molecule has 2 N–H and O–H groups in total. The molecule has 0 aliphatic rings. The minimum Gasteiger partial charge on any atom is -0.488 e. The van der Waals surface area contributed by atoms with Gasteiger partial charge in [-0.3, -0.25) is 14.9 Å². The zero-order chi connectivity index (χ0) is 25.3. The summed E-state index contributed by atoms with van der Waals surface area (Å²) in [6, 6.07) is 22.2. The molecule has 0 radical (unpaired) electrons. The Kier molecular flexibility index (Phi) is 8.38. The van der Waals surface area contributed by atoms with Crippen LogP contribution in [0.15, 0.2) is 77.9 Å². The zero-order valence-electron chi connectivity index (χ0n) is 19.3. The van der Waals surface area contributed by atoms with Crippen LogP contribution < -0.4 is 15.5 Å². The van der Waals surface area contributed by atoms with Crippen molar-refractivity contribution >= 4 is 46.1 Å². The number of anilines is 1. The Labute approximate surface area is 217 Å². The van der Waals surface area contributed by atoms with Gasteiger partial charge in [0.05, 0.1) is 12.6 Å². The Morgan fingerprint density at radius 3 is 2.64 bits per heavy atom. The van der Waals surface area contributed by atoms with Crippen molar-refractivity contribution in [2.75, 3.05) is 5.32 Å². The van der Waals surface area contributed by atoms with Crippen molar-refractivity contribution < 1.29 is 14.3 Å². The molecule has 3 aromatic carbocycles. The van der Waals surface area contributed by atoms with Crippen LogP contribution in [0.25, 0.3) is 0 Å². The van der Waals surface area contributed by atoms with Gasteiger partial charge in [0.1, 0.15) is 17.4 Å². The fourth-order valence-electron chi connectivity index (χ4n) is 3.21. The predicted molar refractivity (Wildman–Crippen MR) is 141 cm³/mol. The maximum Gasteiger partial charge on any atom is 0.257 e. The van der Waals surface area contributed by atoms with Crippen LogP contribution in [0.2, 0.25) is 5.02 Å². The van der Waals surface area contributed by atoms with E-state index in [1.165, 1.54) is 6.21 Å². The van der Waals surface area contributed by atoms with Crippen molar-refractivity contribution in [2.24, 2.45) is 5.10 Å². The van der Waals surface area contributed by atoms with Crippen LogP contribution in [0.5, 0.6) is 5.75 Å². The average Bonchev–Trinajstić information content (AvgIpc) is 3.30. The highest BCUT2D eigenvalue weighted by Crippen LogP contribution is 2.23. The first kappa shape index (κ1) is 25.0. The molecular formula is C26H22ClN5O3S. The number of halogens is 1. The Balaban J connectivity index is 1.32. The van der Waals surface area contributed by atoms with Crippen molar-refractivity contribution in [2.45, 2.75) is 20.0 Å². The van der Waals surface area contributed by atoms with Gasteiger partial charge in [0.15, 0.2) is 0 Å². The number of carbonyl (C=O) groups excluding carboxylic acids is 2. The fourth-order valence-corrected chi connectivity index (χ4v) is 4.12. The Bertz CT molecular complexity index is 1390. The summed E-state index contributed by atoms with van der Waals surface area (Å²) in [7, 11) is 0. The van der Waals surface area contributed by atoms with Gasteiger partial charge in [0.25, 0.3) is 5.91 Å². The minimum atomic E-state index is -0.382. The maximum atomic E-state index is 12.4. The highest BCUT2D eigenvalue weighted by atomic mass is 35.5. The van der Waals surface area contributed by atoms with E-state index in [1.807, 2.05) is 49.4 Å². The lowest BCUT2D eigenvalue weighted by Gasteiger charge is -2.09. The van der Waals surface area contributed by atoms with E-state index in [2.05, 4.69) is 26.0 Å². The Morgan fingerprint density at radius 1 is 1.06 bits per heavy atom. The SMILES string of the molecule is Cc1ccccc1C(=O)Nc1nnc(CC(=O)NN=Cc2cc(Cl)ccc2OCc2ccccc2)s1. The lowest BCUT2D eigenvalue weighted by Crippen LogP contribution is -2.19. The van der Waals surface area contributed by atoms with Crippen molar-refractivity contribution in [3.05, 3.63) is 105 Å². The van der Waals surface area contributed by atoms with E-state index in [-0.39, 0.29) is 18.2 Å². The summed E-state index contributed by atoms with van der Waals surface area (Å²) >= 11 is 7.24. The molecule has 4 rings (SSSR count). The van der Waals surface area contributed by atoms with E-state index in [9.17, 15) is 9.59 Å². The summed E-state index contributed by atoms with van der Waals surface area (Å²) in [5, 5.41) is 15.9. The number of aromatic nitrogens is 2. The summed E-state index contributed by atoms with van der Waals surface area (Å²) in [5.74, 6) is -0.0796. The van der Waals surface area contributed by atoms with Crippen LogP contribution in [-0.4, -0.2) is 28.2 Å². The molecule has 182 valence electrons. The van der Waals surface area contributed by atoms with Gasteiger partial charge in [-0.15, -0.1) is 10.2 Å². The highest BCUT2D eigenvalue weighted by Gasteiger charge is 2.13. The highest BCUT2D eigenvalue weighted by molar-refractivity contribution is 7.15. The van der Waals surface area contributed by atoms with Crippen molar-refractivity contribution in [1.29, 1.82) is 0 Å². The Morgan fingerprint density at radius 2 is 1.83 bits per heavy atom. The lowest BCUT2D eigenvalue weighted by atomic mass is 10.1. The summed E-state index contributed by atoms with van der Waals surface area (Å²) in [5.41, 5.74) is 5.51. The van der Waals surface area contributed by atoms with E-state index < -0.39 is 0 Å². The fraction of sp³-hybridized carbons (Fsp3) is 0.115. The van der Waals surface area contributed by atoms with Crippen molar-refractivity contribution in [1.82, 2.24) is 15.6 Å². The zero-order valence-corrected chi connectivity index (χ0v) is 20.8. The summed E-state index contributed by atoms with van der Waals surface area (Å²) in [4.78, 5) is 24.8. The van der Waals surface area contributed by atoms with Crippen LogP contribution >= 0.6 is 22.9 Å². The molecular weight excluding hydrogens is 498 g/mol. The molecule has 0 fully saturated rings. The molecule has 2 amide bonds. The number of hydrogen-bond donors (Lipinski definition) is 2. The van der Waals surface area contributed by atoms with Crippen LogP contribution in [0, 0.1) is 6.92 Å². The van der Waals surface area contributed by atoms with Gasteiger partial charge in [-0.05, 0) is 42.3 Å². The third kappa shape index (κ3) is 6.97. The molecule has 0 unspecified atom stereocenters. The number of nitrogens with zero attached hydrogens (tertiary/aromatic N) is 3. The molecule has 10 heteroatoms. The largest absolute Gasteiger partial charge is 0.488 e. The van der Waals surface area contributed by atoms with Gasteiger partial charge in [0, 0.05) is 16.1 Å². The smallest absolute Gasteiger partial charge is 0.257 e. The van der Waals surface area contributed by atoms with Gasteiger partial charge in [-0.2, -0.15) is 5.10 Å². The molecule has 1 aromatic heterocycles. The summed E-state index contributed by atoms with van der Waals surface area (Å²) in [6.07, 6.45) is 1.43. The number of rotatable bonds is 9. The molecule has 8 nitrogen and oxygen atoms in total. The molecule has 0 saturated heterocycles. The standard InChI is InChI=1S/C26H22ClN5O3S/c1-17-7-5-6-10-21(17)25(34)29-26-32-31-24(36-26)14-23(33)30-28-15-19-13-20(27)11-12-22(19)35-16-18-8-3-2-4-9-18/h2-13,15H,14,16H2,1H3,(H,30,33)(H,29,32,34). The van der Waals surface area contributed by atoms with Gasteiger partial charge >= 0.3 is 0 Å². The number of nitrogens with one attached hydrogen (secondary N) is 2. The topological polar surface area (TPSA) is 106 Å². The normalized spacial score (nSPS) is 10.8. The molecule has 0 spiro atoms. The molecule has 36 heavy (non-hydrogen) atoms. The maximum absolute atomic E-state index is 12.4. The number of benzene rings is 3. The molecule has 0 saturated carbocycles. The molecule has 0 aliphatic carbocycles. The second kappa shape index (κ2) is 12.1. The third-order valence-electron chi connectivity index (χ3n) is 4.99. The van der Waals surface area contributed by atoms with Crippen LogP contribution in [0.1, 0.15) is 32.1 Å². The summed E-state index contributed by atoms with van der Waals surface area (Å²) < 4.78 is 5.89. The first-order chi connectivity index (χ1) is 17.5. The second-order valence-corrected chi connectivity index (χ2v) is 9.19. The monoisotopic (exact) mass is 519 g/mol. The van der Waals surface area contributed by atoms with Gasteiger partial charge in [-0.1, -0.05) is 71.5 Å². The van der Waals surface area contributed by atoms with E-state index in [4.69, 9.17) is 16.3 Å². The quantitative estimate of drug-likeness (QED) is 0.238. The predicted octanol–water partition coefficient (Wildman–Crippen LogP) is 5.02. The minimum absolute atomic E-state index is 0.0395. The number of ether oxygens (including phenoxy) is 1. The van der Waals surface area contributed by atoms with Crippen molar-refractivity contribution in [3.8, 4) is 5.75 Å². The second-order valence-electron chi connectivity index (χ2n) is 7.70. The van der Waals surface area contributed by atoms with Crippen LogP contribution in [0.3, 0.4) is 0 Å². The van der Waals surface area contributed by atoms with E-state index in [0.717, 1.165) is 22.5 Å². The number of amides is 2. The number of hydrazone groups is 1. The van der Waals surface area contributed by atoms with Gasteiger partial charge in [-0.25, -0.2) is 5.43 Å². The van der Waals surface area contributed by atoms with Crippen LogP contribution in [-0.2, 0) is 17.8 Å². The third-order valence-corrected chi connectivity index (χ3v) is 6.06. The molecule has 0 atom stereocenters. The average molecular weight is 520 g/mol. The molecule has 0 aliphatic heterocycles. The van der Waals surface area contributed by atoms with Crippen LogP contribution in [0.4, 0.5) is 5.13 Å². The van der Waals surface area contributed by atoms with Gasteiger partial charge in [0.2, 0.25) is 11.0 Å². The lowest BCUT2D eigenvalue weighted by molar-refractivity contribution is -0.120. The molecule has 4 aromatic rings. The number of aryl methyl sites for hydroxylation is 1. The first-order valence-electron chi connectivity index (χ1n) is 11.0. The van der Waals surface area contributed by atoms with E-state index in [1.54, 1.807) is 30.3 Å². The van der Waals surface area contributed by atoms with E-state index in [0.29, 0.717) is 38.6 Å². The first-order valence-corrected chi connectivity index (χ1v) is 12.1. The summed E-state index contributed by atoms with van der Waals surface area (Å²) in [6.45, 7) is 2.24. The van der Waals surface area contributed by atoms with Crippen molar-refractivity contribution in [3.63, 3.8) is 0 Å². The number of hydrogen-bond acceptors (Lipinski definition) is 7. The number of carbonyl (C=O) groups is 2. The van der Waals surface area contributed by atoms with E-state index >= 15 is 0 Å². The van der Waals surface area contributed by atoms with Gasteiger partial charge < -0.3 is 4.74 Å².